The van der Waals surface area contributed by atoms with Crippen molar-refractivity contribution in [2.75, 3.05) is 32.8 Å². The van der Waals surface area contributed by atoms with Gasteiger partial charge in [-0.05, 0) is 25.7 Å². The summed E-state index contributed by atoms with van der Waals surface area (Å²) < 4.78 is 5.57. The van der Waals surface area contributed by atoms with E-state index in [4.69, 9.17) is 4.74 Å². The van der Waals surface area contributed by atoms with Crippen molar-refractivity contribution in [1.82, 2.24) is 9.80 Å². The van der Waals surface area contributed by atoms with Crippen molar-refractivity contribution in [3.8, 4) is 6.07 Å². The van der Waals surface area contributed by atoms with Gasteiger partial charge in [-0.15, -0.1) is 0 Å². The summed E-state index contributed by atoms with van der Waals surface area (Å²) in [6.45, 7) is 5.86. The summed E-state index contributed by atoms with van der Waals surface area (Å²) in [5.41, 5.74) is 0. The second-order valence-electron chi connectivity index (χ2n) is 5.65. The molecule has 2 unspecified atom stereocenters. The van der Waals surface area contributed by atoms with Crippen molar-refractivity contribution in [1.29, 1.82) is 5.26 Å². The van der Waals surface area contributed by atoms with Gasteiger partial charge in [0.2, 0.25) is 0 Å². The molecule has 2 heterocycles. The lowest BCUT2D eigenvalue weighted by Gasteiger charge is -2.38. The Balaban J connectivity index is 1.81. The van der Waals surface area contributed by atoms with E-state index in [1.165, 1.54) is 0 Å². The fourth-order valence-electron chi connectivity index (χ4n) is 3.00. The average molecular weight is 279 g/mol. The van der Waals surface area contributed by atoms with Crippen molar-refractivity contribution in [2.24, 2.45) is 0 Å². The molecule has 2 fully saturated rings. The first-order valence-corrected chi connectivity index (χ1v) is 7.80. The number of amides is 1. The van der Waals surface area contributed by atoms with E-state index in [0.29, 0.717) is 6.61 Å². The van der Waals surface area contributed by atoms with Crippen LogP contribution >= 0.6 is 0 Å². The molecule has 0 aromatic heterocycles. The summed E-state index contributed by atoms with van der Waals surface area (Å²) in [5, 5.41) is 9.20. The zero-order valence-electron chi connectivity index (χ0n) is 12.4. The Morgan fingerprint density at radius 2 is 2.10 bits per heavy atom. The number of carbonyl (C=O) groups excluding carboxylic acids is 1. The van der Waals surface area contributed by atoms with Crippen molar-refractivity contribution in [2.45, 2.75) is 51.2 Å². The number of rotatable bonds is 4. The van der Waals surface area contributed by atoms with E-state index in [-0.39, 0.29) is 18.1 Å². The van der Waals surface area contributed by atoms with Crippen LogP contribution in [0.2, 0.25) is 0 Å². The molecule has 0 radical (unpaired) electrons. The van der Waals surface area contributed by atoms with Crippen LogP contribution in [0.1, 0.15) is 39.0 Å². The molecule has 0 spiro atoms. The number of nitrogens with zero attached hydrogens (tertiary/aromatic N) is 3. The van der Waals surface area contributed by atoms with E-state index < -0.39 is 0 Å². The van der Waals surface area contributed by atoms with Gasteiger partial charge in [0.1, 0.15) is 6.10 Å². The predicted octanol–water partition coefficient (Wildman–Crippen LogP) is 1.39. The maximum Gasteiger partial charge on any atom is 0.251 e. The first-order valence-electron chi connectivity index (χ1n) is 7.80. The second-order valence-corrected chi connectivity index (χ2v) is 5.65. The fraction of sp³-hybridized carbons (Fsp3) is 0.867. The highest BCUT2D eigenvalue weighted by atomic mass is 16.5. The first kappa shape index (κ1) is 15.3. The molecule has 2 saturated heterocycles. The van der Waals surface area contributed by atoms with Crippen LogP contribution in [-0.4, -0.2) is 60.6 Å². The minimum absolute atomic E-state index is 0.00295. The van der Waals surface area contributed by atoms with Crippen molar-refractivity contribution >= 4 is 5.91 Å². The molecular formula is C15H25N3O2. The van der Waals surface area contributed by atoms with Crippen LogP contribution in [0.4, 0.5) is 0 Å². The Bertz CT molecular complexity index is 353. The predicted molar refractivity (Wildman–Crippen MR) is 76.1 cm³/mol. The maximum atomic E-state index is 12.3. The molecule has 0 N–H and O–H groups in total. The lowest BCUT2D eigenvalue weighted by Crippen LogP contribution is -2.54. The Hall–Kier alpha value is -1.12. The van der Waals surface area contributed by atoms with E-state index in [9.17, 15) is 10.1 Å². The summed E-state index contributed by atoms with van der Waals surface area (Å²) in [6.07, 6.45) is 4.72. The fourth-order valence-corrected chi connectivity index (χ4v) is 3.00. The molecule has 2 aliphatic heterocycles. The summed E-state index contributed by atoms with van der Waals surface area (Å²) in [6, 6.07) is 2.38. The molecule has 20 heavy (non-hydrogen) atoms. The highest BCUT2D eigenvalue weighted by Crippen LogP contribution is 2.17. The van der Waals surface area contributed by atoms with Gasteiger partial charge < -0.3 is 9.64 Å². The number of nitriles is 1. The number of hydrogen-bond acceptors (Lipinski definition) is 4. The number of carbonyl (C=O) groups is 1. The number of ether oxygens (including phenoxy) is 1. The highest BCUT2D eigenvalue weighted by Gasteiger charge is 2.30. The van der Waals surface area contributed by atoms with E-state index in [0.717, 1.165) is 58.3 Å². The van der Waals surface area contributed by atoms with E-state index >= 15 is 0 Å². The summed E-state index contributed by atoms with van der Waals surface area (Å²) >= 11 is 0. The van der Waals surface area contributed by atoms with Gasteiger partial charge in [-0.1, -0.05) is 13.3 Å². The lowest BCUT2D eigenvalue weighted by molar-refractivity contribution is -0.148. The maximum absolute atomic E-state index is 12.3. The minimum Gasteiger partial charge on any atom is -0.368 e. The van der Waals surface area contributed by atoms with Gasteiger partial charge in [-0.2, -0.15) is 5.26 Å². The first-order chi connectivity index (χ1) is 9.76. The summed E-state index contributed by atoms with van der Waals surface area (Å²) in [7, 11) is 0. The Morgan fingerprint density at radius 3 is 2.65 bits per heavy atom. The number of hydrogen-bond donors (Lipinski definition) is 0. The van der Waals surface area contributed by atoms with E-state index in [1.807, 2.05) is 4.90 Å². The summed E-state index contributed by atoms with van der Waals surface area (Å²) in [5.74, 6) is 0.147. The Kier molecular flexibility index (Phi) is 5.81. The van der Waals surface area contributed by atoms with Gasteiger partial charge in [0.15, 0.2) is 0 Å². The van der Waals surface area contributed by atoms with Crippen molar-refractivity contribution in [3.05, 3.63) is 0 Å². The van der Waals surface area contributed by atoms with Crippen LogP contribution < -0.4 is 0 Å². The molecular weight excluding hydrogens is 254 g/mol. The average Bonchev–Trinajstić information content (AvgIpc) is 2.53. The topological polar surface area (TPSA) is 56.6 Å². The van der Waals surface area contributed by atoms with Crippen LogP contribution in [0.5, 0.6) is 0 Å². The zero-order valence-corrected chi connectivity index (χ0v) is 12.4. The third kappa shape index (κ3) is 3.71. The molecule has 0 aromatic rings. The van der Waals surface area contributed by atoms with Gasteiger partial charge >= 0.3 is 0 Å². The standard InChI is InChI=1S/C15H25N3O2/c1-2-5-13(12-16)17-7-9-18(10-8-17)15(19)14-6-3-4-11-20-14/h13-14H,2-11H2,1H3. The normalized spacial score (nSPS) is 26.0. The molecule has 2 rings (SSSR count). The van der Waals surface area contributed by atoms with Crippen LogP contribution in [0.25, 0.3) is 0 Å². The molecule has 5 nitrogen and oxygen atoms in total. The van der Waals surface area contributed by atoms with Gasteiger partial charge in [0.25, 0.3) is 5.91 Å². The molecule has 112 valence electrons. The minimum atomic E-state index is -0.224. The second kappa shape index (κ2) is 7.61. The van der Waals surface area contributed by atoms with Crippen LogP contribution in [0.15, 0.2) is 0 Å². The van der Waals surface area contributed by atoms with Gasteiger partial charge in [0, 0.05) is 32.8 Å². The van der Waals surface area contributed by atoms with Crippen molar-refractivity contribution in [3.63, 3.8) is 0 Å². The molecule has 5 heteroatoms. The number of piperazine rings is 1. The van der Waals surface area contributed by atoms with Crippen LogP contribution in [0, 0.1) is 11.3 Å². The van der Waals surface area contributed by atoms with E-state index in [2.05, 4.69) is 17.9 Å². The molecule has 0 aromatic carbocycles. The monoisotopic (exact) mass is 279 g/mol. The molecule has 1 amide bonds. The van der Waals surface area contributed by atoms with Gasteiger partial charge in [-0.25, -0.2) is 0 Å². The van der Waals surface area contributed by atoms with Gasteiger partial charge in [-0.3, -0.25) is 9.69 Å². The third-order valence-corrected chi connectivity index (χ3v) is 4.23. The van der Waals surface area contributed by atoms with Gasteiger partial charge in [0.05, 0.1) is 12.1 Å². The van der Waals surface area contributed by atoms with Crippen LogP contribution in [0.3, 0.4) is 0 Å². The molecule has 0 bridgehead atoms. The molecule has 2 atom stereocenters. The Morgan fingerprint density at radius 1 is 1.35 bits per heavy atom. The lowest BCUT2D eigenvalue weighted by atomic mass is 10.1. The largest absolute Gasteiger partial charge is 0.368 e. The molecule has 2 aliphatic rings. The third-order valence-electron chi connectivity index (χ3n) is 4.23. The highest BCUT2D eigenvalue weighted by molar-refractivity contribution is 5.81. The molecule has 0 saturated carbocycles. The van der Waals surface area contributed by atoms with E-state index in [1.54, 1.807) is 0 Å². The quantitative estimate of drug-likeness (QED) is 0.780. The van der Waals surface area contributed by atoms with Crippen LogP contribution in [-0.2, 0) is 9.53 Å². The molecule has 0 aliphatic carbocycles. The summed E-state index contributed by atoms with van der Waals surface area (Å²) in [4.78, 5) is 16.5. The smallest absolute Gasteiger partial charge is 0.251 e. The Labute approximate surface area is 121 Å². The van der Waals surface area contributed by atoms with Crippen molar-refractivity contribution < 1.29 is 9.53 Å². The zero-order chi connectivity index (χ0) is 14.4. The SMILES string of the molecule is CCCC(C#N)N1CCN(C(=O)C2CCCCO2)CC1.